The minimum atomic E-state index is 0.309. The van der Waals surface area contributed by atoms with Crippen molar-refractivity contribution in [3.8, 4) is 11.5 Å². The van der Waals surface area contributed by atoms with Crippen molar-refractivity contribution in [3.05, 3.63) is 30.1 Å². The molecular weight excluding hydrogens is 280 g/mol. The summed E-state index contributed by atoms with van der Waals surface area (Å²) < 4.78 is 10.5. The van der Waals surface area contributed by atoms with Crippen molar-refractivity contribution in [3.63, 3.8) is 0 Å². The molecule has 0 bridgehead atoms. The molecule has 0 saturated heterocycles. The van der Waals surface area contributed by atoms with E-state index in [4.69, 9.17) is 9.47 Å². The molecule has 0 aliphatic heterocycles. The SMILES string of the molecule is COc1ccc(Nc2cc(NC(C)C)nc(C)n2)cc1OC. The maximum Gasteiger partial charge on any atom is 0.162 e. The van der Waals surface area contributed by atoms with Gasteiger partial charge in [-0.25, -0.2) is 9.97 Å². The van der Waals surface area contributed by atoms with Crippen LogP contribution in [0.15, 0.2) is 24.3 Å². The Morgan fingerprint density at radius 1 is 0.955 bits per heavy atom. The van der Waals surface area contributed by atoms with Gasteiger partial charge in [-0.15, -0.1) is 0 Å². The molecule has 2 rings (SSSR count). The fourth-order valence-corrected chi connectivity index (χ4v) is 2.06. The second-order valence-electron chi connectivity index (χ2n) is 5.18. The van der Waals surface area contributed by atoms with E-state index in [1.54, 1.807) is 14.2 Å². The highest BCUT2D eigenvalue weighted by molar-refractivity contribution is 5.63. The van der Waals surface area contributed by atoms with Crippen molar-refractivity contribution in [2.45, 2.75) is 26.8 Å². The normalized spacial score (nSPS) is 10.5. The van der Waals surface area contributed by atoms with Crippen LogP contribution in [0, 0.1) is 6.92 Å². The predicted molar refractivity (Wildman–Crippen MR) is 88.4 cm³/mol. The van der Waals surface area contributed by atoms with Crippen molar-refractivity contribution in [1.29, 1.82) is 0 Å². The third-order valence-electron chi connectivity index (χ3n) is 2.93. The summed E-state index contributed by atoms with van der Waals surface area (Å²) in [6, 6.07) is 7.81. The van der Waals surface area contributed by atoms with Crippen LogP contribution in [0.25, 0.3) is 0 Å². The highest BCUT2D eigenvalue weighted by Gasteiger charge is 2.07. The zero-order chi connectivity index (χ0) is 16.1. The summed E-state index contributed by atoms with van der Waals surface area (Å²) in [6.07, 6.45) is 0. The lowest BCUT2D eigenvalue weighted by molar-refractivity contribution is 0.355. The van der Waals surface area contributed by atoms with Gasteiger partial charge in [0.05, 0.1) is 14.2 Å². The summed E-state index contributed by atoms with van der Waals surface area (Å²) in [6.45, 7) is 6.00. The Kier molecular flexibility index (Phi) is 5.04. The molecule has 0 fully saturated rings. The molecule has 1 aromatic carbocycles. The first-order valence-electron chi connectivity index (χ1n) is 7.13. The Morgan fingerprint density at radius 2 is 1.64 bits per heavy atom. The van der Waals surface area contributed by atoms with Gasteiger partial charge >= 0.3 is 0 Å². The second-order valence-corrected chi connectivity index (χ2v) is 5.18. The lowest BCUT2D eigenvalue weighted by Gasteiger charge is -2.13. The van der Waals surface area contributed by atoms with Crippen LogP contribution in [0.5, 0.6) is 11.5 Å². The number of aromatic nitrogens is 2. The Labute approximate surface area is 130 Å². The van der Waals surface area contributed by atoms with E-state index in [1.165, 1.54) is 0 Å². The van der Waals surface area contributed by atoms with E-state index in [-0.39, 0.29) is 0 Å². The molecule has 0 aliphatic rings. The van der Waals surface area contributed by atoms with Crippen LogP contribution in [0.3, 0.4) is 0 Å². The molecule has 6 heteroatoms. The molecule has 0 saturated carbocycles. The first-order valence-corrected chi connectivity index (χ1v) is 7.13. The fraction of sp³-hybridized carbons (Fsp3) is 0.375. The maximum absolute atomic E-state index is 5.30. The molecule has 2 N–H and O–H groups in total. The van der Waals surface area contributed by atoms with Gasteiger partial charge in [0, 0.05) is 23.9 Å². The maximum atomic E-state index is 5.30. The van der Waals surface area contributed by atoms with Gasteiger partial charge in [-0.1, -0.05) is 0 Å². The number of nitrogens with one attached hydrogen (secondary N) is 2. The number of anilines is 3. The van der Waals surface area contributed by atoms with Crippen LogP contribution >= 0.6 is 0 Å². The molecule has 1 aromatic heterocycles. The van der Waals surface area contributed by atoms with Gasteiger partial charge in [0.25, 0.3) is 0 Å². The Bertz CT molecular complexity index is 644. The van der Waals surface area contributed by atoms with Gasteiger partial charge < -0.3 is 20.1 Å². The van der Waals surface area contributed by atoms with E-state index >= 15 is 0 Å². The van der Waals surface area contributed by atoms with Crippen molar-refractivity contribution in [2.75, 3.05) is 24.9 Å². The van der Waals surface area contributed by atoms with Crippen molar-refractivity contribution >= 4 is 17.3 Å². The van der Waals surface area contributed by atoms with Crippen LogP contribution in [0.1, 0.15) is 19.7 Å². The van der Waals surface area contributed by atoms with Crippen molar-refractivity contribution in [2.24, 2.45) is 0 Å². The summed E-state index contributed by atoms with van der Waals surface area (Å²) in [5.41, 5.74) is 0.867. The summed E-state index contributed by atoms with van der Waals surface area (Å²) in [5, 5.41) is 6.53. The molecule has 0 amide bonds. The molecule has 6 nitrogen and oxygen atoms in total. The number of nitrogens with zero attached hydrogens (tertiary/aromatic N) is 2. The highest BCUT2D eigenvalue weighted by Crippen LogP contribution is 2.31. The summed E-state index contributed by atoms with van der Waals surface area (Å²) in [7, 11) is 3.23. The van der Waals surface area contributed by atoms with E-state index in [9.17, 15) is 0 Å². The number of ether oxygens (including phenoxy) is 2. The van der Waals surface area contributed by atoms with Crippen LogP contribution in [-0.4, -0.2) is 30.2 Å². The smallest absolute Gasteiger partial charge is 0.162 e. The highest BCUT2D eigenvalue weighted by atomic mass is 16.5. The lowest BCUT2D eigenvalue weighted by Crippen LogP contribution is -2.12. The molecule has 2 aromatic rings. The fourth-order valence-electron chi connectivity index (χ4n) is 2.06. The third kappa shape index (κ3) is 4.00. The number of benzene rings is 1. The molecule has 0 spiro atoms. The Hall–Kier alpha value is -2.50. The molecule has 22 heavy (non-hydrogen) atoms. The lowest BCUT2D eigenvalue weighted by atomic mass is 10.2. The summed E-state index contributed by atoms with van der Waals surface area (Å²) in [4.78, 5) is 8.77. The zero-order valence-electron chi connectivity index (χ0n) is 13.6. The monoisotopic (exact) mass is 302 g/mol. The molecule has 0 radical (unpaired) electrons. The molecule has 118 valence electrons. The van der Waals surface area contributed by atoms with E-state index < -0.39 is 0 Å². The van der Waals surface area contributed by atoms with E-state index in [1.807, 2.05) is 31.2 Å². The topological polar surface area (TPSA) is 68.3 Å². The average molecular weight is 302 g/mol. The molecule has 0 aliphatic carbocycles. The minimum absolute atomic E-state index is 0.309. The van der Waals surface area contributed by atoms with Crippen LogP contribution in [0.4, 0.5) is 17.3 Å². The van der Waals surface area contributed by atoms with Gasteiger partial charge in [0.1, 0.15) is 17.5 Å². The minimum Gasteiger partial charge on any atom is -0.493 e. The number of aryl methyl sites for hydroxylation is 1. The average Bonchev–Trinajstić information content (AvgIpc) is 2.45. The standard InChI is InChI=1S/C16H22N4O2/c1-10(2)17-15-9-16(19-11(3)18-15)20-12-6-7-13(21-4)14(8-12)22-5/h6-10H,1-5H3,(H2,17,18,19,20). The largest absolute Gasteiger partial charge is 0.493 e. The second kappa shape index (κ2) is 6.98. The molecule has 0 atom stereocenters. The Balaban J connectivity index is 2.25. The van der Waals surface area contributed by atoms with Gasteiger partial charge in [-0.3, -0.25) is 0 Å². The van der Waals surface area contributed by atoms with Gasteiger partial charge in [0.2, 0.25) is 0 Å². The summed E-state index contributed by atoms with van der Waals surface area (Å²) in [5.74, 6) is 3.58. The van der Waals surface area contributed by atoms with Gasteiger partial charge in [-0.2, -0.15) is 0 Å². The van der Waals surface area contributed by atoms with Crippen LogP contribution in [-0.2, 0) is 0 Å². The van der Waals surface area contributed by atoms with Crippen LogP contribution in [0.2, 0.25) is 0 Å². The number of hydrogen-bond acceptors (Lipinski definition) is 6. The van der Waals surface area contributed by atoms with Crippen molar-refractivity contribution in [1.82, 2.24) is 9.97 Å². The molecule has 1 heterocycles. The summed E-state index contributed by atoms with van der Waals surface area (Å²) >= 11 is 0. The van der Waals surface area contributed by atoms with Crippen LogP contribution < -0.4 is 20.1 Å². The van der Waals surface area contributed by atoms with Gasteiger partial charge in [-0.05, 0) is 32.9 Å². The third-order valence-corrected chi connectivity index (χ3v) is 2.93. The number of hydrogen-bond donors (Lipinski definition) is 2. The number of methoxy groups -OCH3 is 2. The molecular formula is C16H22N4O2. The van der Waals surface area contributed by atoms with Crippen molar-refractivity contribution < 1.29 is 9.47 Å². The van der Waals surface area contributed by atoms with E-state index in [2.05, 4.69) is 34.4 Å². The Morgan fingerprint density at radius 3 is 2.27 bits per heavy atom. The zero-order valence-corrected chi connectivity index (χ0v) is 13.6. The van der Waals surface area contributed by atoms with Gasteiger partial charge in [0.15, 0.2) is 11.5 Å². The van der Waals surface area contributed by atoms with E-state index in [0.717, 1.165) is 17.3 Å². The van der Waals surface area contributed by atoms with E-state index in [0.29, 0.717) is 23.4 Å². The molecule has 0 unspecified atom stereocenters. The first kappa shape index (κ1) is 15.9. The number of rotatable bonds is 6. The first-order chi connectivity index (χ1) is 10.5. The predicted octanol–water partition coefficient (Wildman–Crippen LogP) is 3.37. The quantitative estimate of drug-likeness (QED) is 0.852.